The molecule has 2 aromatic rings. The molecular weight excluding hydrogens is 364 g/mol. The summed E-state index contributed by atoms with van der Waals surface area (Å²) in [6.45, 7) is 2.77. The fourth-order valence-corrected chi connectivity index (χ4v) is 3.03. The van der Waals surface area contributed by atoms with Crippen molar-refractivity contribution in [1.29, 1.82) is 0 Å². The largest absolute Gasteiger partial charge is 0.494 e. The molecule has 2 N–H and O–H groups in total. The number of rotatable bonds is 6. The van der Waals surface area contributed by atoms with Gasteiger partial charge in [-0.3, -0.25) is 14.9 Å². The zero-order chi connectivity index (χ0) is 20.1. The van der Waals surface area contributed by atoms with Gasteiger partial charge in [0.15, 0.2) is 0 Å². The maximum absolute atomic E-state index is 12.3. The van der Waals surface area contributed by atoms with Gasteiger partial charge in [-0.15, -0.1) is 0 Å². The lowest BCUT2D eigenvalue weighted by Crippen LogP contribution is -2.39. The second-order valence-electron chi connectivity index (χ2n) is 6.21. The molecule has 9 nitrogen and oxygen atoms in total. The van der Waals surface area contributed by atoms with Crippen LogP contribution in [0.5, 0.6) is 5.75 Å². The molecule has 1 saturated heterocycles. The van der Waals surface area contributed by atoms with E-state index >= 15 is 0 Å². The number of ether oxygens (including phenoxy) is 1. The van der Waals surface area contributed by atoms with E-state index in [2.05, 4.69) is 10.6 Å². The van der Waals surface area contributed by atoms with E-state index in [1.807, 2.05) is 6.92 Å². The summed E-state index contributed by atoms with van der Waals surface area (Å²) in [6.07, 6.45) is 0.150. The first kappa shape index (κ1) is 19.2. The van der Waals surface area contributed by atoms with Gasteiger partial charge in [0.25, 0.3) is 5.69 Å². The summed E-state index contributed by atoms with van der Waals surface area (Å²) in [6, 6.07) is 12.0. The highest BCUT2D eigenvalue weighted by atomic mass is 16.6. The van der Waals surface area contributed by atoms with E-state index in [-0.39, 0.29) is 23.7 Å². The van der Waals surface area contributed by atoms with Crippen molar-refractivity contribution in [2.45, 2.75) is 19.4 Å². The highest BCUT2D eigenvalue weighted by Crippen LogP contribution is 2.25. The average molecular weight is 384 g/mol. The van der Waals surface area contributed by atoms with Crippen LogP contribution in [0.15, 0.2) is 48.5 Å². The molecule has 9 heteroatoms. The normalized spacial score (nSPS) is 16.0. The number of carbonyl (C=O) groups excluding carboxylic acids is 2. The molecule has 1 atom stereocenters. The fourth-order valence-electron chi connectivity index (χ4n) is 3.03. The van der Waals surface area contributed by atoms with Crippen LogP contribution in [0.2, 0.25) is 0 Å². The van der Waals surface area contributed by atoms with Gasteiger partial charge in [-0.2, -0.15) is 0 Å². The van der Waals surface area contributed by atoms with E-state index in [0.717, 1.165) is 11.4 Å². The number of hydrogen-bond acceptors (Lipinski definition) is 5. The Morgan fingerprint density at radius 3 is 2.64 bits per heavy atom. The van der Waals surface area contributed by atoms with Crippen molar-refractivity contribution in [1.82, 2.24) is 5.32 Å². The third-order valence-electron chi connectivity index (χ3n) is 4.27. The van der Waals surface area contributed by atoms with Gasteiger partial charge in [-0.1, -0.05) is 12.1 Å². The monoisotopic (exact) mass is 384 g/mol. The number of benzene rings is 2. The van der Waals surface area contributed by atoms with Crippen molar-refractivity contribution in [2.24, 2.45) is 0 Å². The minimum atomic E-state index is -0.597. The number of nitro benzene ring substituents is 1. The van der Waals surface area contributed by atoms with Crippen LogP contribution >= 0.6 is 0 Å². The molecule has 0 radical (unpaired) electrons. The SMILES string of the molecule is CCOc1ccc(N2CC(NC(=O)Nc3ccccc3[N+](=O)[O-])CC2=O)cc1. The van der Waals surface area contributed by atoms with E-state index in [1.165, 1.54) is 18.2 Å². The number of nitrogens with one attached hydrogen (secondary N) is 2. The summed E-state index contributed by atoms with van der Waals surface area (Å²) in [5.41, 5.74) is 0.616. The molecule has 0 saturated carbocycles. The first-order chi connectivity index (χ1) is 13.5. The third kappa shape index (κ3) is 4.37. The van der Waals surface area contributed by atoms with Crippen LogP contribution in [-0.4, -0.2) is 36.1 Å². The van der Waals surface area contributed by atoms with Gasteiger partial charge in [0.05, 0.1) is 17.6 Å². The standard InChI is InChI=1S/C19H20N4O5/c1-2-28-15-9-7-14(8-10-15)22-12-13(11-18(22)24)20-19(25)21-16-5-3-4-6-17(16)23(26)27/h3-10,13H,2,11-12H2,1H3,(H2,20,21,25). The minimum absolute atomic E-state index is 0.0951. The van der Waals surface area contributed by atoms with E-state index < -0.39 is 17.0 Å². The zero-order valence-corrected chi connectivity index (χ0v) is 15.3. The van der Waals surface area contributed by atoms with Gasteiger partial charge < -0.3 is 20.3 Å². The van der Waals surface area contributed by atoms with E-state index in [4.69, 9.17) is 4.74 Å². The van der Waals surface area contributed by atoms with Crippen molar-refractivity contribution >= 4 is 29.0 Å². The molecular formula is C19H20N4O5. The molecule has 3 rings (SSSR count). The number of para-hydroxylation sites is 2. The maximum Gasteiger partial charge on any atom is 0.319 e. The molecule has 0 aromatic heterocycles. The van der Waals surface area contributed by atoms with E-state index in [0.29, 0.717) is 13.2 Å². The van der Waals surface area contributed by atoms with Crippen molar-refractivity contribution in [3.8, 4) is 5.75 Å². The van der Waals surface area contributed by atoms with Crippen LogP contribution in [0.25, 0.3) is 0 Å². The fraction of sp³-hybridized carbons (Fsp3) is 0.263. The summed E-state index contributed by atoms with van der Waals surface area (Å²) in [4.78, 5) is 36.6. The molecule has 146 valence electrons. The Kier molecular flexibility index (Phi) is 5.73. The Morgan fingerprint density at radius 2 is 1.96 bits per heavy atom. The quantitative estimate of drug-likeness (QED) is 0.587. The number of urea groups is 1. The molecule has 0 aliphatic carbocycles. The summed E-state index contributed by atoms with van der Waals surface area (Å²) in [5.74, 6) is 0.608. The van der Waals surface area contributed by atoms with Crippen LogP contribution < -0.4 is 20.3 Å². The predicted octanol–water partition coefficient (Wildman–Crippen LogP) is 2.92. The highest BCUT2D eigenvalue weighted by molar-refractivity contribution is 5.98. The Labute approximate surface area is 161 Å². The smallest absolute Gasteiger partial charge is 0.319 e. The lowest BCUT2D eigenvalue weighted by atomic mass is 10.2. The number of anilines is 2. The first-order valence-corrected chi connectivity index (χ1v) is 8.82. The summed E-state index contributed by atoms with van der Waals surface area (Å²) < 4.78 is 5.39. The number of amides is 3. The Morgan fingerprint density at radius 1 is 1.25 bits per heavy atom. The minimum Gasteiger partial charge on any atom is -0.494 e. The number of hydrogen-bond donors (Lipinski definition) is 2. The molecule has 1 unspecified atom stereocenters. The molecule has 1 heterocycles. The number of nitrogens with zero attached hydrogens (tertiary/aromatic N) is 2. The van der Waals surface area contributed by atoms with Crippen LogP contribution in [-0.2, 0) is 4.79 Å². The lowest BCUT2D eigenvalue weighted by molar-refractivity contribution is -0.383. The number of nitro groups is 1. The predicted molar refractivity (Wildman–Crippen MR) is 104 cm³/mol. The summed E-state index contributed by atoms with van der Waals surface area (Å²) in [7, 11) is 0. The van der Waals surface area contributed by atoms with Gasteiger partial charge in [0, 0.05) is 24.7 Å². The highest BCUT2D eigenvalue weighted by Gasteiger charge is 2.31. The molecule has 3 amide bonds. The lowest BCUT2D eigenvalue weighted by Gasteiger charge is -2.18. The van der Waals surface area contributed by atoms with Crippen molar-refractivity contribution in [3.05, 3.63) is 58.6 Å². The molecule has 1 aliphatic rings. The summed E-state index contributed by atoms with van der Waals surface area (Å²) in [5, 5.41) is 16.2. The van der Waals surface area contributed by atoms with Crippen molar-refractivity contribution in [3.63, 3.8) is 0 Å². The van der Waals surface area contributed by atoms with Crippen molar-refractivity contribution < 1.29 is 19.2 Å². The molecule has 2 aromatic carbocycles. The zero-order valence-electron chi connectivity index (χ0n) is 15.3. The van der Waals surface area contributed by atoms with Crippen LogP contribution in [0.3, 0.4) is 0 Å². The van der Waals surface area contributed by atoms with Gasteiger partial charge >= 0.3 is 6.03 Å². The topological polar surface area (TPSA) is 114 Å². The van der Waals surface area contributed by atoms with Gasteiger partial charge in [0.2, 0.25) is 5.91 Å². The molecule has 0 bridgehead atoms. The number of carbonyl (C=O) groups is 2. The van der Waals surface area contributed by atoms with Gasteiger partial charge in [-0.05, 0) is 37.3 Å². The molecule has 1 fully saturated rings. The van der Waals surface area contributed by atoms with Gasteiger partial charge in [0.1, 0.15) is 11.4 Å². The van der Waals surface area contributed by atoms with E-state index in [9.17, 15) is 19.7 Å². The molecule has 0 spiro atoms. The Hall–Kier alpha value is -3.62. The van der Waals surface area contributed by atoms with Gasteiger partial charge in [-0.25, -0.2) is 4.79 Å². The van der Waals surface area contributed by atoms with Crippen LogP contribution in [0.1, 0.15) is 13.3 Å². The Bertz CT molecular complexity index is 884. The maximum atomic E-state index is 12.3. The van der Waals surface area contributed by atoms with Crippen molar-refractivity contribution in [2.75, 3.05) is 23.4 Å². The second kappa shape index (κ2) is 8.38. The molecule has 1 aliphatic heterocycles. The van der Waals surface area contributed by atoms with E-state index in [1.54, 1.807) is 35.2 Å². The third-order valence-corrected chi connectivity index (χ3v) is 4.27. The first-order valence-electron chi connectivity index (χ1n) is 8.82. The molecule has 28 heavy (non-hydrogen) atoms. The van der Waals surface area contributed by atoms with Crippen LogP contribution in [0, 0.1) is 10.1 Å². The second-order valence-corrected chi connectivity index (χ2v) is 6.21. The Balaban J connectivity index is 1.61. The summed E-state index contributed by atoms with van der Waals surface area (Å²) >= 11 is 0. The van der Waals surface area contributed by atoms with Crippen LogP contribution in [0.4, 0.5) is 21.9 Å². The average Bonchev–Trinajstić information content (AvgIpc) is 3.02.